The molecule has 5 N–H and O–H groups in total. The average Bonchev–Trinajstić information content (AvgIpc) is 2.92. The maximum Gasteiger partial charge on any atom is 0.303 e. The molecule has 0 bridgehead atoms. The molecule has 1 saturated heterocycles. The van der Waals surface area contributed by atoms with Crippen LogP contribution in [0.3, 0.4) is 0 Å². The van der Waals surface area contributed by atoms with Gasteiger partial charge in [-0.25, -0.2) is 0 Å². The summed E-state index contributed by atoms with van der Waals surface area (Å²) >= 11 is 0. The van der Waals surface area contributed by atoms with Gasteiger partial charge in [0.25, 0.3) is 0 Å². The molecule has 0 spiro atoms. The predicted molar refractivity (Wildman–Crippen MR) is 155 cm³/mol. The van der Waals surface area contributed by atoms with Gasteiger partial charge < -0.3 is 40.2 Å². The third-order valence-corrected chi connectivity index (χ3v) is 7.22. The maximum atomic E-state index is 10.5. The molecule has 232 valence electrons. The second kappa shape index (κ2) is 27.4. The molecule has 0 aliphatic carbocycles. The summed E-state index contributed by atoms with van der Waals surface area (Å²) in [5.74, 6) is -0.675. The largest absolute Gasteiger partial charge is 0.481 e. The lowest BCUT2D eigenvalue weighted by Crippen LogP contribution is -2.46. The monoisotopic (exact) mass is 560 g/mol. The summed E-state index contributed by atoms with van der Waals surface area (Å²) in [5.41, 5.74) is 0. The third kappa shape index (κ3) is 23.6. The fourth-order valence-electron chi connectivity index (χ4n) is 4.72. The molecule has 9 heteroatoms. The van der Waals surface area contributed by atoms with Crippen LogP contribution >= 0.6 is 0 Å². The van der Waals surface area contributed by atoms with Crippen molar-refractivity contribution in [3.8, 4) is 0 Å². The Bertz CT molecular complexity index is 541. The minimum Gasteiger partial charge on any atom is -0.481 e. The van der Waals surface area contributed by atoms with E-state index in [1.807, 2.05) is 0 Å². The van der Waals surface area contributed by atoms with E-state index in [9.17, 15) is 15.0 Å². The Labute approximate surface area is 237 Å². The van der Waals surface area contributed by atoms with Crippen molar-refractivity contribution >= 4 is 5.97 Å². The molecule has 39 heavy (non-hydrogen) atoms. The van der Waals surface area contributed by atoms with Crippen LogP contribution in [0.15, 0.2) is 0 Å². The number of carbonyl (C=O) groups is 1. The molecular formula is C30H60N2O7. The Morgan fingerprint density at radius 1 is 0.667 bits per heavy atom. The molecule has 1 aliphatic rings. The van der Waals surface area contributed by atoms with Gasteiger partial charge in [-0.3, -0.25) is 4.79 Å². The molecule has 0 aromatic heterocycles. The van der Waals surface area contributed by atoms with Crippen molar-refractivity contribution in [2.24, 2.45) is 0 Å². The molecule has 0 aromatic rings. The molecule has 1 heterocycles. The van der Waals surface area contributed by atoms with Gasteiger partial charge in [0.1, 0.15) is 12.2 Å². The Balaban J connectivity index is 1.65. The van der Waals surface area contributed by atoms with Gasteiger partial charge in [-0.2, -0.15) is 0 Å². The Morgan fingerprint density at radius 3 is 1.85 bits per heavy atom. The highest BCUT2D eigenvalue weighted by atomic mass is 16.5. The zero-order chi connectivity index (χ0) is 28.2. The Morgan fingerprint density at radius 2 is 1.18 bits per heavy atom. The van der Waals surface area contributed by atoms with Gasteiger partial charge in [-0.1, -0.05) is 51.4 Å². The molecule has 3 atom stereocenters. The van der Waals surface area contributed by atoms with Crippen molar-refractivity contribution < 1.29 is 34.3 Å². The summed E-state index contributed by atoms with van der Waals surface area (Å²) in [4.78, 5) is 10.5. The number of aliphatic hydroxyl groups is 2. The van der Waals surface area contributed by atoms with Crippen LogP contribution in [0.1, 0.15) is 109 Å². The lowest BCUT2D eigenvalue weighted by atomic mass is 10.0. The van der Waals surface area contributed by atoms with E-state index in [1.165, 1.54) is 44.9 Å². The van der Waals surface area contributed by atoms with E-state index in [4.69, 9.17) is 19.3 Å². The fourth-order valence-corrected chi connectivity index (χ4v) is 4.72. The van der Waals surface area contributed by atoms with E-state index in [1.54, 1.807) is 0 Å². The van der Waals surface area contributed by atoms with E-state index in [0.29, 0.717) is 32.7 Å². The van der Waals surface area contributed by atoms with Crippen molar-refractivity contribution in [1.82, 2.24) is 10.6 Å². The normalized spacial score (nSPS) is 19.5. The predicted octanol–water partition coefficient (Wildman–Crippen LogP) is 4.04. The zero-order valence-corrected chi connectivity index (χ0v) is 24.6. The van der Waals surface area contributed by atoms with Crippen molar-refractivity contribution in [3.05, 3.63) is 0 Å². The molecule has 1 aliphatic heterocycles. The zero-order valence-electron chi connectivity index (χ0n) is 24.6. The SMILES string of the molecule is O=C(O)CCCCCCCCCCCCOCCCNCCCNCCCCCOCC1OCCC(O)C1O. The molecular weight excluding hydrogens is 500 g/mol. The molecule has 3 unspecified atom stereocenters. The third-order valence-electron chi connectivity index (χ3n) is 7.22. The summed E-state index contributed by atoms with van der Waals surface area (Å²) < 4.78 is 16.8. The lowest BCUT2D eigenvalue weighted by molar-refractivity contribution is -0.154. The van der Waals surface area contributed by atoms with Crippen LogP contribution in [0, 0.1) is 0 Å². The standard InChI is InChI=1S/C30H60N2O7/c33-27-17-25-39-28(30(27)36)26-38-23-13-9-11-18-31-19-14-20-32-21-15-24-37-22-12-8-6-4-2-1-3-5-7-10-16-29(34)35/h27-28,30-33,36H,1-26H2,(H,34,35). The summed E-state index contributed by atoms with van der Waals surface area (Å²) in [6, 6.07) is 0. The number of unbranched alkanes of at least 4 members (excludes halogenated alkanes) is 11. The first-order valence-corrected chi connectivity index (χ1v) is 15.9. The van der Waals surface area contributed by atoms with Crippen LogP contribution in [0.2, 0.25) is 0 Å². The number of nitrogens with one attached hydrogen (secondary N) is 2. The average molecular weight is 561 g/mol. The van der Waals surface area contributed by atoms with Gasteiger partial charge in [0.05, 0.1) is 12.7 Å². The number of rotatable bonds is 29. The van der Waals surface area contributed by atoms with Gasteiger partial charge in [0, 0.05) is 32.8 Å². The summed E-state index contributed by atoms with van der Waals surface area (Å²) in [7, 11) is 0. The van der Waals surface area contributed by atoms with Gasteiger partial charge in [-0.05, 0) is 77.5 Å². The summed E-state index contributed by atoms with van der Waals surface area (Å²) in [6.45, 7) is 7.31. The van der Waals surface area contributed by atoms with E-state index < -0.39 is 24.3 Å². The molecule has 0 radical (unpaired) electrons. The van der Waals surface area contributed by atoms with Crippen LogP contribution in [-0.2, 0) is 19.0 Å². The minimum absolute atomic E-state index is 0.316. The van der Waals surface area contributed by atoms with Gasteiger partial charge in [-0.15, -0.1) is 0 Å². The van der Waals surface area contributed by atoms with Crippen LogP contribution in [0.5, 0.6) is 0 Å². The fraction of sp³-hybridized carbons (Fsp3) is 0.967. The van der Waals surface area contributed by atoms with Crippen LogP contribution in [-0.4, -0.2) is 98.8 Å². The second-order valence-corrected chi connectivity index (χ2v) is 10.9. The topological polar surface area (TPSA) is 130 Å². The Kier molecular flexibility index (Phi) is 25.4. The Hall–Kier alpha value is -0.810. The first-order chi connectivity index (χ1) is 19.1. The van der Waals surface area contributed by atoms with E-state index in [-0.39, 0.29) is 0 Å². The highest BCUT2D eigenvalue weighted by Gasteiger charge is 2.31. The number of hydrogen-bond donors (Lipinski definition) is 5. The quantitative estimate of drug-likeness (QED) is 0.0861. The van der Waals surface area contributed by atoms with Gasteiger partial charge >= 0.3 is 5.97 Å². The van der Waals surface area contributed by atoms with E-state index in [0.717, 1.165) is 90.8 Å². The molecule has 9 nitrogen and oxygen atoms in total. The number of aliphatic hydroxyl groups excluding tert-OH is 2. The molecule has 0 amide bonds. The van der Waals surface area contributed by atoms with Crippen LogP contribution < -0.4 is 10.6 Å². The van der Waals surface area contributed by atoms with E-state index >= 15 is 0 Å². The van der Waals surface area contributed by atoms with Gasteiger partial charge in [0.15, 0.2) is 0 Å². The van der Waals surface area contributed by atoms with Crippen molar-refractivity contribution in [1.29, 1.82) is 0 Å². The van der Waals surface area contributed by atoms with Crippen molar-refractivity contribution in [2.75, 3.05) is 59.2 Å². The minimum atomic E-state index is -0.839. The number of carboxylic acid groups (broad SMARTS) is 1. The number of aliphatic carboxylic acids is 1. The van der Waals surface area contributed by atoms with Crippen LogP contribution in [0.25, 0.3) is 0 Å². The number of ether oxygens (including phenoxy) is 3. The highest BCUT2D eigenvalue weighted by molar-refractivity contribution is 5.66. The van der Waals surface area contributed by atoms with E-state index in [2.05, 4.69) is 10.6 Å². The van der Waals surface area contributed by atoms with Crippen molar-refractivity contribution in [3.63, 3.8) is 0 Å². The second-order valence-electron chi connectivity index (χ2n) is 10.9. The molecule has 1 fully saturated rings. The first kappa shape index (κ1) is 36.2. The molecule has 0 aromatic carbocycles. The molecule has 1 rings (SSSR count). The number of hydrogen-bond acceptors (Lipinski definition) is 8. The maximum absolute atomic E-state index is 10.5. The summed E-state index contributed by atoms with van der Waals surface area (Å²) in [5, 5.41) is 35.1. The van der Waals surface area contributed by atoms with Gasteiger partial charge in [0.2, 0.25) is 0 Å². The highest BCUT2D eigenvalue weighted by Crippen LogP contribution is 2.15. The molecule has 0 saturated carbocycles. The summed E-state index contributed by atoms with van der Waals surface area (Å²) in [6.07, 6.45) is 16.2. The first-order valence-electron chi connectivity index (χ1n) is 15.9. The van der Waals surface area contributed by atoms with Crippen molar-refractivity contribution in [2.45, 2.75) is 127 Å². The smallest absolute Gasteiger partial charge is 0.303 e. The number of carboxylic acids is 1. The van der Waals surface area contributed by atoms with Crippen LogP contribution in [0.4, 0.5) is 0 Å². The lowest BCUT2D eigenvalue weighted by Gasteiger charge is -2.31.